The van der Waals surface area contributed by atoms with Crippen LogP contribution >= 0.6 is 11.6 Å². The van der Waals surface area contributed by atoms with Crippen molar-refractivity contribution in [2.24, 2.45) is 4.99 Å². The lowest BCUT2D eigenvalue weighted by Gasteiger charge is -2.48. The third kappa shape index (κ3) is 4.73. The van der Waals surface area contributed by atoms with E-state index in [2.05, 4.69) is 19.9 Å². The van der Waals surface area contributed by atoms with E-state index in [1.54, 1.807) is 18.2 Å². The number of rotatable bonds is 5. The van der Waals surface area contributed by atoms with Gasteiger partial charge >= 0.3 is 6.01 Å². The van der Waals surface area contributed by atoms with Gasteiger partial charge < -0.3 is 9.94 Å². The van der Waals surface area contributed by atoms with E-state index in [1.807, 2.05) is 0 Å². The van der Waals surface area contributed by atoms with Crippen LogP contribution in [0.5, 0.6) is 11.8 Å². The zero-order valence-electron chi connectivity index (χ0n) is 21.8. The number of aromatic nitrogens is 3. The number of fused-ring (bicyclic) bond motifs is 3. The molecule has 2 aliphatic heterocycles. The van der Waals surface area contributed by atoms with Gasteiger partial charge in [0, 0.05) is 55.5 Å². The molecule has 10 nitrogen and oxygen atoms in total. The van der Waals surface area contributed by atoms with E-state index in [9.17, 15) is 13.6 Å². The van der Waals surface area contributed by atoms with Crippen molar-refractivity contribution in [3.8, 4) is 22.9 Å². The van der Waals surface area contributed by atoms with Gasteiger partial charge in [-0.05, 0) is 24.3 Å². The topological polar surface area (TPSA) is 121 Å². The van der Waals surface area contributed by atoms with Gasteiger partial charge in [0.05, 0.1) is 34.9 Å². The zero-order valence-corrected chi connectivity index (χ0v) is 23.4. The highest BCUT2D eigenvalue weighted by atomic mass is 35.5. The number of halogens is 3. The number of ether oxygens (including phenoxy) is 1. The van der Waals surface area contributed by atoms with Crippen molar-refractivity contribution in [1.29, 1.82) is 0 Å². The van der Waals surface area contributed by atoms with E-state index < -0.39 is 39.2 Å². The van der Waals surface area contributed by atoms with Crippen LogP contribution in [0.1, 0.15) is 13.3 Å². The minimum absolute atomic E-state index is 0.00425. The minimum atomic E-state index is -3.63. The number of amidine groups is 1. The molecule has 2 aromatic heterocycles. The quantitative estimate of drug-likeness (QED) is 0.218. The number of alkyl halides is 1. The largest absolute Gasteiger partial charge is 0.621 e. The maximum atomic E-state index is 15.6. The van der Waals surface area contributed by atoms with E-state index in [-0.39, 0.29) is 52.3 Å². The monoisotopic (exact) mass is 600 g/mol. The number of nitrogens with zero attached hydrogens (tertiary/aromatic N) is 6. The van der Waals surface area contributed by atoms with E-state index in [0.717, 1.165) is 10.6 Å². The predicted molar refractivity (Wildman–Crippen MR) is 152 cm³/mol. The number of sulfonamides is 1. The Morgan fingerprint density at radius 2 is 1.90 bits per heavy atom. The summed E-state index contributed by atoms with van der Waals surface area (Å²) in [6.45, 7) is 1.07. The normalized spacial score (nSPS) is 22.9. The summed E-state index contributed by atoms with van der Waals surface area (Å²) in [5.41, 5.74) is 0.994. The molecule has 0 N–H and O–H groups in total. The summed E-state index contributed by atoms with van der Waals surface area (Å²) in [5, 5.41) is 15.1. The second-order valence-electron chi connectivity index (χ2n) is 9.93. The number of hydrogen-bond acceptors (Lipinski definition) is 8. The third-order valence-corrected chi connectivity index (χ3v) is 8.97. The number of piperidine rings is 1. The summed E-state index contributed by atoms with van der Waals surface area (Å²) in [6, 6.07) is 7.91. The molecule has 0 bridgehead atoms. The number of quaternary nitrogens is 1. The summed E-state index contributed by atoms with van der Waals surface area (Å²) < 4.78 is 60.4. The van der Waals surface area contributed by atoms with Gasteiger partial charge in [0.2, 0.25) is 15.9 Å². The first kappa shape index (κ1) is 27.5. The average molecular weight is 601 g/mol. The van der Waals surface area contributed by atoms with Crippen molar-refractivity contribution in [2.45, 2.75) is 25.6 Å². The molecule has 2 aromatic carbocycles. The lowest BCUT2D eigenvalue weighted by atomic mass is 9.98. The van der Waals surface area contributed by atoms with Crippen molar-refractivity contribution in [3.63, 3.8) is 0 Å². The van der Waals surface area contributed by atoms with Crippen LogP contribution in [0, 0.1) is 11.0 Å². The van der Waals surface area contributed by atoms with Gasteiger partial charge in [-0.3, -0.25) is 9.63 Å². The summed E-state index contributed by atoms with van der Waals surface area (Å²) in [6.07, 6.45) is 3.63. The Morgan fingerprint density at radius 3 is 2.59 bits per heavy atom. The van der Waals surface area contributed by atoms with Crippen LogP contribution in [-0.2, 0) is 10.0 Å². The molecule has 0 radical (unpaired) electrons. The highest BCUT2D eigenvalue weighted by Gasteiger charge is 2.49. The Hall–Kier alpha value is -3.62. The molecule has 1 fully saturated rings. The van der Waals surface area contributed by atoms with Gasteiger partial charge in [-0.1, -0.05) is 11.6 Å². The summed E-state index contributed by atoms with van der Waals surface area (Å²) >= 11 is 6.55. The molecular weight excluding hydrogens is 578 g/mol. The van der Waals surface area contributed by atoms with Crippen LogP contribution in [0.3, 0.4) is 0 Å². The molecule has 0 aliphatic carbocycles. The molecule has 0 spiro atoms. The van der Waals surface area contributed by atoms with Crippen LogP contribution in [-0.4, -0.2) is 65.1 Å². The molecule has 1 saturated heterocycles. The molecule has 1 unspecified atom stereocenters. The summed E-state index contributed by atoms with van der Waals surface area (Å²) in [7, 11) is -3.63. The standard InChI is InChI=1S/C27H23ClF2N6O4S/c1-15-34-24-13-33-23-12-21(29)18(17-5-4-16(10-20(17)28)40-27-31-7-3-8-32-27)11-19(23)26(24)36(15,37)25-6-9-35(14-22(25)30)41(2,38)39/h3-5,7-8,10-13,22,25H,6,9,14H2,1-2H3/t22-,25+,36?/m1/s1. The fourth-order valence-electron chi connectivity index (χ4n) is 5.44. The molecule has 0 saturated carbocycles. The van der Waals surface area contributed by atoms with Crippen molar-refractivity contribution < 1.29 is 21.9 Å². The van der Waals surface area contributed by atoms with Crippen LogP contribution in [0.25, 0.3) is 22.0 Å². The number of hydroxylamine groups is 2. The number of hydrogen-bond donors (Lipinski definition) is 0. The van der Waals surface area contributed by atoms with Gasteiger partial charge in [-0.15, -0.1) is 0 Å². The SMILES string of the molecule is CC1=Nc2cnc3cc(F)c(-c4ccc(Oc5ncccn5)cc4Cl)cc3c2[N+]1([O-])[C@H]1CCN(S(C)(=O)=O)C[C@H]1F. The first-order chi connectivity index (χ1) is 19.5. The van der Waals surface area contributed by atoms with Gasteiger partial charge in [-0.25, -0.2) is 27.2 Å². The molecule has 212 valence electrons. The second-order valence-corrected chi connectivity index (χ2v) is 12.3. The van der Waals surface area contributed by atoms with Crippen molar-refractivity contribution >= 4 is 49.7 Å². The molecule has 41 heavy (non-hydrogen) atoms. The predicted octanol–water partition coefficient (Wildman–Crippen LogP) is 5.52. The maximum absolute atomic E-state index is 15.6. The van der Waals surface area contributed by atoms with Gasteiger partial charge in [0.15, 0.2) is 11.9 Å². The summed E-state index contributed by atoms with van der Waals surface area (Å²) in [5.74, 6) is -0.206. The lowest BCUT2D eigenvalue weighted by Crippen LogP contribution is -2.63. The smallest absolute Gasteiger partial charge is 0.321 e. The number of pyridine rings is 1. The third-order valence-electron chi connectivity index (χ3n) is 7.39. The molecular formula is C27H23ClF2N6O4S. The van der Waals surface area contributed by atoms with Gasteiger partial charge in [0.25, 0.3) is 0 Å². The lowest BCUT2D eigenvalue weighted by molar-refractivity contribution is 0.125. The van der Waals surface area contributed by atoms with E-state index in [0.29, 0.717) is 16.7 Å². The Bertz CT molecular complexity index is 1830. The van der Waals surface area contributed by atoms with Crippen LogP contribution in [0.2, 0.25) is 5.02 Å². The van der Waals surface area contributed by atoms with Crippen molar-refractivity contribution in [3.05, 3.63) is 71.0 Å². The zero-order chi connectivity index (χ0) is 29.1. The number of benzene rings is 2. The Labute approximate surface area is 239 Å². The Balaban J connectivity index is 1.42. The van der Waals surface area contributed by atoms with Crippen LogP contribution in [0.4, 0.5) is 20.2 Å². The van der Waals surface area contributed by atoms with Gasteiger partial charge in [0.1, 0.15) is 23.3 Å². The second kappa shape index (κ2) is 10.0. The fraction of sp³-hybridized carbons (Fsp3) is 0.259. The highest BCUT2D eigenvalue weighted by molar-refractivity contribution is 7.88. The van der Waals surface area contributed by atoms with Crippen LogP contribution < -0.4 is 9.38 Å². The highest BCUT2D eigenvalue weighted by Crippen LogP contribution is 2.49. The first-order valence-corrected chi connectivity index (χ1v) is 14.8. The molecule has 4 heterocycles. The molecule has 2 aliphatic rings. The average Bonchev–Trinajstić information content (AvgIpc) is 3.19. The molecule has 14 heteroatoms. The molecule has 4 aromatic rings. The van der Waals surface area contributed by atoms with Crippen LogP contribution in [0.15, 0.2) is 60.0 Å². The maximum Gasteiger partial charge on any atom is 0.321 e. The minimum Gasteiger partial charge on any atom is -0.621 e. The fourth-order valence-corrected chi connectivity index (χ4v) is 6.56. The van der Waals surface area contributed by atoms with E-state index >= 15 is 8.78 Å². The Morgan fingerprint density at radius 1 is 1.15 bits per heavy atom. The van der Waals surface area contributed by atoms with E-state index in [1.165, 1.54) is 43.7 Å². The van der Waals surface area contributed by atoms with Gasteiger partial charge in [-0.2, -0.15) is 9.30 Å². The summed E-state index contributed by atoms with van der Waals surface area (Å²) in [4.78, 5) is 16.7. The molecule has 0 amide bonds. The molecule has 6 rings (SSSR count). The Kier molecular flexibility index (Phi) is 6.74. The van der Waals surface area contributed by atoms with E-state index in [4.69, 9.17) is 16.3 Å². The first-order valence-electron chi connectivity index (χ1n) is 12.6. The van der Waals surface area contributed by atoms with Crippen molar-refractivity contribution in [1.82, 2.24) is 23.9 Å². The number of aliphatic imine (C=N–C) groups is 1. The molecule has 3 atom stereocenters. The van der Waals surface area contributed by atoms with Crippen molar-refractivity contribution in [2.75, 3.05) is 19.3 Å².